The average molecular weight is 624 g/mol. The summed E-state index contributed by atoms with van der Waals surface area (Å²) in [5.74, 6) is -1.66. The Balaban J connectivity index is 1.27. The lowest BCUT2D eigenvalue weighted by Crippen LogP contribution is -2.40. The second-order valence-corrected chi connectivity index (χ2v) is 12.9. The molecule has 232 valence electrons. The molecular formula is C37H37NO6S. The molecule has 3 aromatic carbocycles. The first-order valence-corrected chi connectivity index (χ1v) is 16.2. The predicted molar refractivity (Wildman–Crippen MR) is 176 cm³/mol. The highest BCUT2D eigenvalue weighted by molar-refractivity contribution is 7.09. The summed E-state index contributed by atoms with van der Waals surface area (Å²) in [5, 5.41) is 36.3. The number of thiophene rings is 1. The number of carbonyl (C=O) groups is 2. The van der Waals surface area contributed by atoms with E-state index < -0.39 is 23.9 Å². The normalized spacial score (nSPS) is 21.0. The molecule has 2 heterocycles. The summed E-state index contributed by atoms with van der Waals surface area (Å²) in [7, 11) is 0. The van der Waals surface area contributed by atoms with E-state index in [2.05, 4.69) is 6.08 Å². The van der Waals surface area contributed by atoms with Gasteiger partial charge in [0.1, 0.15) is 18.1 Å². The number of rotatable bonds is 11. The number of imide groups is 1. The zero-order chi connectivity index (χ0) is 31.5. The molecule has 2 aliphatic rings. The molecule has 0 spiro atoms. The number of benzene rings is 3. The molecule has 3 N–H and O–H groups in total. The fourth-order valence-electron chi connectivity index (χ4n) is 6.85. The molecule has 0 unspecified atom stereocenters. The lowest BCUT2D eigenvalue weighted by Gasteiger charge is -2.36. The third kappa shape index (κ3) is 6.31. The molecule has 7 nitrogen and oxygen atoms in total. The summed E-state index contributed by atoms with van der Waals surface area (Å²) < 4.78 is 6.11. The number of aromatic hydroxyl groups is 1. The molecule has 1 aliphatic heterocycles. The van der Waals surface area contributed by atoms with Gasteiger partial charge in [-0.1, -0.05) is 66.2 Å². The van der Waals surface area contributed by atoms with Gasteiger partial charge in [0.05, 0.1) is 31.1 Å². The number of phenolic OH excluding ortho intramolecular Hbond substituents is 1. The van der Waals surface area contributed by atoms with Gasteiger partial charge in [-0.15, -0.1) is 11.3 Å². The number of fused-ring (bicyclic) bond motifs is 2. The van der Waals surface area contributed by atoms with Crippen LogP contribution in [0.1, 0.15) is 36.6 Å². The van der Waals surface area contributed by atoms with Crippen LogP contribution in [-0.4, -0.2) is 51.4 Å². The number of ether oxygens (including phenoxy) is 1. The van der Waals surface area contributed by atoms with Gasteiger partial charge in [0.15, 0.2) is 0 Å². The predicted octanol–water partition coefficient (Wildman–Crippen LogP) is 6.34. The molecule has 4 aromatic rings. The summed E-state index contributed by atoms with van der Waals surface area (Å²) in [6.07, 6.45) is 2.35. The molecule has 2 amide bonds. The number of para-hydroxylation sites is 1. The van der Waals surface area contributed by atoms with E-state index in [1.807, 2.05) is 85.1 Å². The Bertz CT molecular complexity index is 1750. The fourth-order valence-corrected chi connectivity index (χ4v) is 7.54. The zero-order valence-electron chi connectivity index (χ0n) is 25.1. The quantitative estimate of drug-likeness (QED) is 0.133. The summed E-state index contributed by atoms with van der Waals surface area (Å²) >= 11 is 1.49. The molecule has 0 radical (unpaired) electrons. The van der Waals surface area contributed by atoms with Crippen LogP contribution in [0.3, 0.4) is 0 Å². The molecule has 6 rings (SSSR count). The van der Waals surface area contributed by atoms with Crippen LogP contribution in [0.5, 0.6) is 11.5 Å². The van der Waals surface area contributed by atoms with Crippen LogP contribution in [0.2, 0.25) is 0 Å². The Morgan fingerprint density at radius 3 is 2.49 bits per heavy atom. The first-order chi connectivity index (χ1) is 21.9. The molecule has 8 heteroatoms. The van der Waals surface area contributed by atoms with E-state index in [1.165, 1.54) is 16.2 Å². The van der Waals surface area contributed by atoms with Crippen LogP contribution in [0.15, 0.2) is 101 Å². The van der Waals surface area contributed by atoms with Crippen molar-refractivity contribution >= 4 is 40.0 Å². The minimum Gasteiger partial charge on any atom is -0.507 e. The summed E-state index contributed by atoms with van der Waals surface area (Å²) in [6, 6.07) is 24.4. The highest BCUT2D eigenvalue weighted by Gasteiger charge is 2.54. The highest BCUT2D eigenvalue weighted by Crippen LogP contribution is 2.47. The molecule has 4 atom stereocenters. The van der Waals surface area contributed by atoms with Crippen LogP contribution in [0.25, 0.3) is 16.8 Å². The number of hydrogen-bond donors (Lipinski definition) is 3. The van der Waals surface area contributed by atoms with Gasteiger partial charge in [-0.3, -0.25) is 14.5 Å². The van der Waals surface area contributed by atoms with Crippen molar-refractivity contribution in [3.8, 4) is 11.5 Å². The molecule has 45 heavy (non-hydrogen) atoms. The topological polar surface area (TPSA) is 107 Å². The summed E-state index contributed by atoms with van der Waals surface area (Å²) in [4.78, 5) is 29.6. The lowest BCUT2D eigenvalue weighted by atomic mass is 9.68. The number of allylic oxidation sites excluding steroid dienone is 1. The Labute approximate surface area is 266 Å². The van der Waals surface area contributed by atoms with E-state index in [9.17, 15) is 24.9 Å². The van der Waals surface area contributed by atoms with E-state index in [4.69, 9.17) is 4.74 Å². The second-order valence-electron chi connectivity index (χ2n) is 11.9. The van der Waals surface area contributed by atoms with E-state index in [0.29, 0.717) is 30.6 Å². The van der Waals surface area contributed by atoms with Gasteiger partial charge < -0.3 is 20.1 Å². The number of hydrogen-bond acceptors (Lipinski definition) is 7. The van der Waals surface area contributed by atoms with E-state index in [1.54, 1.807) is 6.07 Å². The van der Waals surface area contributed by atoms with Crippen molar-refractivity contribution in [3.63, 3.8) is 0 Å². The van der Waals surface area contributed by atoms with Crippen LogP contribution < -0.4 is 4.74 Å². The van der Waals surface area contributed by atoms with Gasteiger partial charge in [-0.05, 0) is 77.9 Å². The van der Waals surface area contributed by atoms with Gasteiger partial charge in [-0.25, -0.2) is 0 Å². The number of phenols is 1. The fraction of sp³-hybridized carbons (Fsp3) is 0.297. The Hall–Kier alpha value is -4.24. The molecular weight excluding hydrogens is 586 g/mol. The van der Waals surface area contributed by atoms with Crippen molar-refractivity contribution in [2.24, 2.45) is 17.8 Å². The van der Waals surface area contributed by atoms with Gasteiger partial charge in [0, 0.05) is 16.2 Å². The summed E-state index contributed by atoms with van der Waals surface area (Å²) in [5.41, 5.74) is 3.38. The van der Waals surface area contributed by atoms with Crippen molar-refractivity contribution in [2.75, 3.05) is 13.2 Å². The smallest absolute Gasteiger partial charge is 0.234 e. The minimum atomic E-state index is -0.938. The van der Waals surface area contributed by atoms with Crippen molar-refractivity contribution < 1.29 is 29.6 Å². The number of aliphatic hydroxyl groups excluding tert-OH is 2. The second kappa shape index (κ2) is 13.4. The average Bonchev–Trinajstić information content (AvgIpc) is 3.66. The highest BCUT2D eigenvalue weighted by atomic mass is 32.1. The SMILES string of the molecule is C/C(=C\c1ccc(O)c2ccccc12)CC[C@@H](O)C1=C(COc2ccccc2)C[C@H]2C(=O)N(Cc3cccs3)C(=O)[C@H]2[C@H]1CO. The minimum absolute atomic E-state index is 0.150. The van der Waals surface area contributed by atoms with Crippen LogP contribution in [-0.2, 0) is 16.1 Å². The molecule has 1 aliphatic carbocycles. The molecule has 1 fully saturated rings. The largest absolute Gasteiger partial charge is 0.507 e. The van der Waals surface area contributed by atoms with Crippen molar-refractivity contribution in [2.45, 2.75) is 38.8 Å². The van der Waals surface area contributed by atoms with E-state index >= 15 is 0 Å². The third-order valence-corrected chi connectivity index (χ3v) is 9.89. The Kier molecular flexibility index (Phi) is 9.16. The van der Waals surface area contributed by atoms with E-state index in [0.717, 1.165) is 32.4 Å². The zero-order valence-corrected chi connectivity index (χ0v) is 26.0. The third-order valence-electron chi connectivity index (χ3n) is 9.03. The number of amides is 2. The molecule has 1 saturated heterocycles. The van der Waals surface area contributed by atoms with Crippen LogP contribution in [0, 0.1) is 17.8 Å². The monoisotopic (exact) mass is 623 g/mol. The lowest BCUT2D eigenvalue weighted by molar-refractivity contribution is -0.140. The van der Waals surface area contributed by atoms with Crippen LogP contribution >= 0.6 is 11.3 Å². The Morgan fingerprint density at radius 1 is 1.00 bits per heavy atom. The van der Waals surface area contributed by atoms with Gasteiger partial charge >= 0.3 is 0 Å². The Morgan fingerprint density at radius 2 is 1.76 bits per heavy atom. The number of nitrogens with zero attached hydrogens (tertiary/aromatic N) is 1. The standard InChI is InChI=1S/C37H37NO6S/c1-23(18-24-14-16-32(40)29-12-6-5-11-28(24)29)13-15-33(41)34-25(22-44-26-8-3-2-4-9-26)19-30-35(31(34)21-39)37(43)38(36(30)42)20-27-10-7-17-45-27/h2-12,14,16-18,30-31,33,35,39-41H,13,15,19-22H2,1H3/b23-18+/t30-,31+,33-,35-/m1/s1. The molecule has 1 aromatic heterocycles. The summed E-state index contributed by atoms with van der Waals surface area (Å²) in [6.45, 7) is 2.01. The maximum absolute atomic E-state index is 13.7. The van der Waals surface area contributed by atoms with Gasteiger partial charge in [-0.2, -0.15) is 0 Å². The first-order valence-electron chi connectivity index (χ1n) is 15.3. The van der Waals surface area contributed by atoms with Gasteiger partial charge in [0.2, 0.25) is 11.8 Å². The molecule has 0 saturated carbocycles. The van der Waals surface area contributed by atoms with E-state index in [-0.39, 0.29) is 37.3 Å². The number of aliphatic hydroxyl groups is 2. The number of likely N-dealkylation sites (tertiary alicyclic amines) is 1. The van der Waals surface area contributed by atoms with Crippen molar-refractivity contribution in [3.05, 3.63) is 111 Å². The maximum Gasteiger partial charge on any atom is 0.234 e. The number of carbonyl (C=O) groups excluding carboxylic acids is 2. The van der Waals surface area contributed by atoms with Crippen LogP contribution in [0.4, 0.5) is 0 Å². The van der Waals surface area contributed by atoms with Gasteiger partial charge in [0.25, 0.3) is 0 Å². The van der Waals surface area contributed by atoms with Crippen molar-refractivity contribution in [1.82, 2.24) is 4.90 Å². The maximum atomic E-state index is 13.7. The van der Waals surface area contributed by atoms with Crippen molar-refractivity contribution in [1.29, 1.82) is 0 Å². The first kappa shape index (κ1) is 30.8. The molecule has 0 bridgehead atoms.